The fourth-order valence-electron chi connectivity index (χ4n) is 2.76. The van der Waals surface area contributed by atoms with E-state index in [-0.39, 0.29) is 17.9 Å². The molecule has 1 aromatic carbocycles. The van der Waals surface area contributed by atoms with Gasteiger partial charge in [-0.3, -0.25) is 9.59 Å². The van der Waals surface area contributed by atoms with E-state index in [0.29, 0.717) is 6.54 Å². The second kappa shape index (κ2) is 5.13. The molecule has 2 aliphatic rings. The van der Waals surface area contributed by atoms with Gasteiger partial charge in [-0.2, -0.15) is 0 Å². The van der Waals surface area contributed by atoms with Gasteiger partial charge in [-0.15, -0.1) is 0 Å². The molecule has 0 aromatic heterocycles. The second-order valence-corrected chi connectivity index (χ2v) is 5.11. The number of carbonyl (C=O) groups excluding carboxylic acids is 2. The Kier molecular flexibility index (Phi) is 3.31. The van der Waals surface area contributed by atoms with Gasteiger partial charge in [0.05, 0.1) is 6.54 Å². The zero-order valence-electron chi connectivity index (χ0n) is 11.4. The molecular formula is C14H18N4O2. The van der Waals surface area contributed by atoms with Gasteiger partial charge < -0.3 is 20.9 Å². The van der Waals surface area contributed by atoms with Gasteiger partial charge in [0.15, 0.2) is 0 Å². The van der Waals surface area contributed by atoms with Gasteiger partial charge in [0, 0.05) is 30.0 Å². The lowest BCUT2D eigenvalue weighted by molar-refractivity contribution is -0.119. The molecule has 3 rings (SSSR count). The summed E-state index contributed by atoms with van der Waals surface area (Å²) in [5.41, 5.74) is 2.76. The van der Waals surface area contributed by atoms with Crippen molar-refractivity contribution in [2.75, 3.05) is 36.9 Å². The topological polar surface area (TPSA) is 73.5 Å². The zero-order valence-corrected chi connectivity index (χ0v) is 11.4. The van der Waals surface area contributed by atoms with Crippen LogP contribution in [-0.4, -0.2) is 38.5 Å². The third-order valence-corrected chi connectivity index (χ3v) is 3.78. The van der Waals surface area contributed by atoms with E-state index in [0.717, 1.165) is 36.4 Å². The molecule has 3 N–H and O–H groups in total. The molecule has 20 heavy (non-hydrogen) atoms. The molecule has 6 nitrogen and oxygen atoms in total. The predicted octanol–water partition coefficient (Wildman–Crippen LogP) is 0.226. The standard InChI is InChI=1S/C14H18N4O2/c1-15-13-10-4-3-9(7-11(10)17-14(13)20)18-6-2-5-16-12(19)8-18/h3-4,7,13,15H,2,5-6,8H2,1H3,(H,16,19)(H,17,20). The van der Waals surface area contributed by atoms with Crippen LogP contribution >= 0.6 is 0 Å². The van der Waals surface area contributed by atoms with Gasteiger partial charge in [-0.05, 0) is 25.6 Å². The number of hydrogen-bond acceptors (Lipinski definition) is 4. The molecule has 1 aromatic rings. The van der Waals surface area contributed by atoms with Crippen LogP contribution in [0.15, 0.2) is 18.2 Å². The Morgan fingerprint density at radius 3 is 3.00 bits per heavy atom. The number of nitrogens with one attached hydrogen (secondary N) is 3. The first kappa shape index (κ1) is 12.9. The average Bonchev–Trinajstić information content (AvgIpc) is 2.59. The molecule has 1 unspecified atom stereocenters. The molecule has 6 heteroatoms. The van der Waals surface area contributed by atoms with Crippen molar-refractivity contribution in [2.45, 2.75) is 12.5 Å². The monoisotopic (exact) mass is 274 g/mol. The highest BCUT2D eigenvalue weighted by molar-refractivity contribution is 6.03. The summed E-state index contributed by atoms with van der Waals surface area (Å²) in [6.07, 6.45) is 0.925. The SMILES string of the molecule is CNC1C(=O)Nc2cc(N3CCCNC(=O)C3)ccc21. The summed E-state index contributed by atoms with van der Waals surface area (Å²) in [7, 11) is 1.77. The van der Waals surface area contributed by atoms with Crippen molar-refractivity contribution in [3.63, 3.8) is 0 Å². The summed E-state index contributed by atoms with van der Waals surface area (Å²) in [4.78, 5) is 25.5. The molecule has 0 aliphatic carbocycles. The summed E-state index contributed by atoms with van der Waals surface area (Å²) in [6.45, 7) is 1.92. The first-order chi connectivity index (χ1) is 9.69. The summed E-state index contributed by atoms with van der Waals surface area (Å²) < 4.78 is 0. The Bertz CT molecular complexity index is 558. The van der Waals surface area contributed by atoms with Crippen molar-refractivity contribution in [3.8, 4) is 0 Å². The normalized spacial score (nSPS) is 22.1. The highest BCUT2D eigenvalue weighted by Gasteiger charge is 2.29. The van der Waals surface area contributed by atoms with Gasteiger partial charge in [-0.1, -0.05) is 6.07 Å². The van der Waals surface area contributed by atoms with Crippen LogP contribution in [0.25, 0.3) is 0 Å². The van der Waals surface area contributed by atoms with Crippen LogP contribution in [0.3, 0.4) is 0 Å². The molecular weight excluding hydrogens is 256 g/mol. The molecule has 0 bridgehead atoms. The van der Waals surface area contributed by atoms with Crippen molar-refractivity contribution >= 4 is 23.2 Å². The maximum atomic E-state index is 11.8. The van der Waals surface area contributed by atoms with E-state index in [9.17, 15) is 9.59 Å². The molecule has 0 saturated carbocycles. The molecule has 106 valence electrons. The number of nitrogens with zero attached hydrogens (tertiary/aromatic N) is 1. The molecule has 1 fully saturated rings. The Morgan fingerprint density at radius 1 is 1.35 bits per heavy atom. The number of anilines is 2. The summed E-state index contributed by atoms with van der Waals surface area (Å²) >= 11 is 0. The number of hydrogen-bond donors (Lipinski definition) is 3. The molecule has 0 radical (unpaired) electrons. The van der Waals surface area contributed by atoms with Crippen molar-refractivity contribution in [2.24, 2.45) is 0 Å². The van der Waals surface area contributed by atoms with Gasteiger partial charge >= 0.3 is 0 Å². The van der Waals surface area contributed by atoms with E-state index < -0.39 is 0 Å². The molecule has 2 amide bonds. The van der Waals surface area contributed by atoms with Crippen LogP contribution in [0.5, 0.6) is 0 Å². The Labute approximate surface area is 117 Å². The molecule has 2 heterocycles. The number of carbonyl (C=O) groups is 2. The lowest BCUT2D eigenvalue weighted by atomic mass is 10.1. The van der Waals surface area contributed by atoms with Crippen LogP contribution in [-0.2, 0) is 9.59 Å². The van der Waals surface area contributed by atoms with Crippen LogP contribution < -0.4 is 20.9 Å². The number of rotatable bonds is 2. The third kappa shape index (κ3) is 2.22. The van der Waals surface area contributed by atoms with Gasteiger partial charge in [0.1, 0.15) is 6.04 Å². The minimum Gasteiger partial charge on any atom is -0.362 e. The van der Waals surface area contributed by atoms with Crippen LogP contribution in [0.4, 0.5) is 11.4 Å². The Balaban J connectivity index is 1.88. The fraction of sp³-hybridized carbons (Fsp3) is 0.429. The van der Waals surface area contributed by atoms with Crippen molar-refractivity contribution in [3.05, 3.63) is 23.8 Å². The van der Waals surface area contributed by atoms with Gasteiger partial charge in [0.2, 0.25) is 11.8 Å². The number of amides is 2. The van der Waals surface area contributed by atoms with Crippen molar-refractivity contribution in [1.29, 1.82) is 0 Å². The Morgan fingerprint density at radius 2 is 2.20 bits per heavy atom. The minimum absolute atomic E-state index is 0.0340. The zero-order chi connectivity index (χ0) is 14.1. The molecule has 2 aliphatic heterocycles. The minimum atomic E-state index is -0.286. The van der Waals surface area contributed by atoms with Crippen LogP contribution in [0, 0.1) is 0 Å². The quantitative estimate of drug-likeness (QED) is 0.721. The predicted molar refractivity (Wildman–Crippen MR) is 76.7 cm³/mol. The van der Waals surface area contributed by atoms with E-state index in [1.54, 1.807) is 7.05 Å². The first-order valence-corrected chi connectivity index (χ1v) is 6.83. The summed E-state index contributed by atoms with van der Waals surface area (Å²) in [5.74, 6) is 0.00777. The lowest BCUT2D eigenvalue weighted by Gasteiger charge is -2.22. The molecule has 1 saturated heterocycles. The Hall–Kier alpha value is -2.08. The maximum Gasteiger partial charge on any atom is 0.246 e. The maximum absolute atomic E-state index is 11.8. The summed E-state index contributed by atoms with van der Waals surface area (Å²) in [6, 6.07) is 5.59. The van der Waals surface area contributed by atoms with Crippen LogP contribution in [0.2, 0.25) is 0 Å². The largest absolute Gasteiger partial charge is 0.362 e. The van der Waals surface area contributed by atoms with E-state index in [1.165, 1.54) is 0 Å². The summed E-state index contributed by atoms with van der Waals surface area (Å²) in [5, 5.41) is 8.73. The van der Waals surface area contributed by atoms with Crippen molar-refractivity contribution < 1.29 is 9.59 Å². The highest BCUT2D eigenvalue weighted by atomic mass is 16.2. The van der Waals surface area contributed by atoms with E-state index in [4.69, 9.17) is 0 Å². The first-order valence-electron chi connectivity index (χ1n) is 6.83. The average molecular weight is 274 g/mol. The highest BCUT2D eigenvalue weighted by Crippen LogP contribution is 2.33. The van der Waals surface area contributed by atoms with Gasteiger partial charge in [-0.25, -0.2) is 0 Å². The lowest BCUT2D eigenvalue weighted by Crippen LogP contribution is -2.33. The number of likely N-dealkylation sites (N-methyl/N-ethyl adjacent to an activating group) is 1. The number of benzene rings is 1. The third-order valence-electron chi connectivity index (χ3n) is 3.78. The number of fused-ring (bicyclic) bond motifs is 1. The molecule has 0 spiro atoms. The second-order valence-electron chi connectivity index (χ2n) is 5.11. The van der Waals surface area contributed by atoms with E-state index >= 15 is 0 Å². The van der Waals surface area contributed by atoms with E-state index in [2.05, 4.69) is 16.0 Å². The smallest absolute Gasteiger partial charge is 0.246 e. The van der Waals surface area contributed by atoms with Crippen molar-refractivity contribution in [1.82, 2.24) is 10.6 Å². The fourth-order valence-corrected chi connectivity index (χ4v) is 2.76. The molecule has 1 atom stereocenters. The van der Waals surface area contributed by atoms with E-state index in [1.807, 2.05) is 23.1 Å². The van der Waals surface area contributed by atoms with Gasteiger partial charge in [0.25, 0.3) is 0 Å². The van der Waals surface area contributed by atoms with Crippen LogP contribution in [0.1, 0.15) is 18.0 Å².